The Morgan fingerprint density at radius 3 is 2.50 bits per heavy atom. The summed E-state index contributed by atoms with van der Waals surface area (Å²) in [6, 6.07) is 0.0235. The Balaban J connectivity index is 1.92. The molecule has 0 heterocycles. The van der Waals surface area contributed by atoms with Crippen LogP contribution in [0, 0.1) is 11.8 Å². The molecular weight excluding hydrogens is 250 g/mol. The second kappa shape index (κ2) is 5.86. The largest absolute Gasteiger partial charge is 0.330 e. The van der Waals surface area contributed by atoms with E-state index < -0.39 is 10.2 Å². The minimum atomic E-state index is -3.33. The van der Waals surface area contributed by atoms with Crippen LogP contribution in [0.3, 0.4) is 0 Å². The molecule has 2 aliphatic carbocycles. The van der Waals surface area contributed by atoms with E-state index in [-0.39, 0.29) is 6.04 Å². The van der Waals surface area contributed by atoms with Crippen molar-refractivity contribution in [2.24, 2.45) is 17.6 Å². The molecule has 0 bridgehead atoms. The fraction of sp³-hybridized carbons (Fsp3) is 1.00. The van der Waals surface area contributed by atoms with Crippen LogP contribution in [0.5, 0.6) is 0 Å². The second-order valence-electron chi connectivity index (χ2n) is 5.73. The van der Waals surface area contributed by atoms with Gasteiger partial charge < -0.3 is 5.73 Å². The fourth-order valence-corrected chi connectivity index (χ4v) is 3.97. The predicted molar refractivity (Wildman–Crippen MR) is 72.2 cm³/mol. The molecule has 2 aliphatic rings. The van der Waals surface area contributed by atoms with Gasteiger partial charge in [0.05, 0.1) is 0 Å². The maximum Gasteiger partial charge on any atom is 0.279 e. The summed E-state index contributed by atoms with van der Waals surface area (Å²) in [6.07, 6.45) is 6.53. The van der Waals surface area contributed by atoms with Crippen LogP contribution in [0.1, 0.15) is 38.5 Å². The lowest BCUT2D eigenvalue weighted by Crippen LogP contribution is -2.49. The zero-order chi connectivity index (χ0) is 13.2. The fourth-order valence-electron chi connectivity index (χ4n) is 2.69. The van der Waals surface area contributed by atoms with E-state index in [1.54, 1.807) is 7.05 Å². The SMILES string of the molecule is CN(CC1CC1)S(=O)(=O)NC1CCCCC1CN. The molecule has 0 aromatic heterocycles. The Morgan fingerprint density at radius 1 is 1.22 bits per heavy atom. The van der Waals surface area contributed by atoms with Gasteiger partial charge in [0.2, 0.25) is 0 Å². The molecule has 3 N–H and O–H groups in total. The van der Waals surface area contributed by atoms with Gasteiger partial charge in [-0.25, -0.2) is 0 Å². The van der Waals surface area contributed by atoms with E-state index in [1.807, 2.05) is 0 Å². The summed E-state index contributed by atoms with van der Waals surface area (Å²) in [5.74, 6) is 0.867. The molecular formula is C12H25N3O2S. The highest BCUT2D eigenvalue weighted by Gasteiger charge is 2.32. The molecule has 2 rings (SSSR count). The Hall–Kier alpha value is -0.170. The normalized spacial score (nSPS) is 29.7. The molecule has 5 nitrogen and oxygen atoms in total. The minimum absolute atomic E-state index is 0.0235. The zero-order valence-corrected chi connectivity index (χ0v) is 12.0. The third kappa shape index (κ3) is 3.66. The van der Waals surface area contributed by atoms with Gasteiger partial charge in [-0.2, -0.15) is 17.4 Å². The first kappa shape index (κ1) is 14.2. The van der Waals surface area contributed by atoms with Crippen LogP contribution in [-0.2, 0) is 10.2 Å². The van der Waals surface area contributed by atoms with Gasteiger partial charge in [-0.15, -0.1) is 0 Å². The molecule has 2 atom stereocenters. The molecule has 0 aromatic carbocycles. The van der Waals surface area contributed by atoms with E-state index >= 15 is 0 Å². The highest BCUT2D eigenvalue weighted by Crippen LogP contribution is 2.30. The van der Waals surface area contributed by atoms with Crippen LogP contribution in [0.25, 0.3) is 0 Å². The van der Waals surface area contributed by atoms with Crippen LogP contribution in [0.2, 0.25) is 0 Å². The molecule has 2 unspecified atom stereocenters. The quantitative estimate of drug-likeness (QED) is 0.748. The molecule has 6 heteroatoms. The Morgan fingerprint density at radius 2 is 1.89 bits per heavy atom. The smallest absolute Gasteiger partial charge is 0.279 e. The third-order valence-corrected chi connectivity index (χ3v) is 5.70. The van der Waals surface area contributed by atoms with Gasteiger partial charge in [-0.3, -0.25) is 0 Å². The number of nitrogens with zero attached hydrogens (tertiary/aromatic N) is 1. The van der Waals surface area contributed by atoms with E-state index in [9.17, 15) is 8.42 Å². The first-order valence-electron chi connectivity index (χ1n) is 6.96. The van der Waals surface area contributed by atoms with Gasteiger partial charge in [0.1, 0.15) is 0 Å². The Labute approximate surface area is 110 Å². The van der Waals surface area contributed by atoms with Crippen molar-refractivity contribution in [3.63, 3.8) is 0 Å². The van der Waals surface area contributed by atoms with Crippen LogP contribution in [0.15, 0.2) is 0 Å². The molecule has 0 aliphatic heterocycles. The summed E-state index contributed by atoms with van der Waals surface area (Å²) in [7, 11) is -1.66. The van der Waals surface area contributed by atoms with Crippen molar-refractivity contribution in [3.05, 3.63) is 0 Å². The van der Waals surface area contributed by atoms with Crippen LogP contribution >= 0.6 is 0 Å². The summed E-state index contributed by atoms with van der Waals surface area (Å²) in [4.78, 5) is 0. The minimum Gasteiger partial charge on any atom is -0.330 e. The number of hydrogen-bond acceptors (Lipinski definition) is 3. The molecule has 0 amide bonds. The predicted octanol–water partition coefficient (Wildman–Crippen LogP) is 0.680. The average Bonchev–Trinajstić information content (AvgIpc) is 3.13. The Bertz CT molecular complexity index is 368. The zero-order valence-electron chi connectivity index (χ0n) is 11.1. The third-order valence-electron chi connectivity index (χ3n) is 4.13. The first-order valence-corrected chi connectivity index (χ1v) is 8.40. The number of nitrogens with two attached hydrogens (primary N) is 1. The van der Waals surface area contributed by atoms with E-state index in [0.29, 0.717) is 24.9 Å². The van der Waals surface area contributed by atoms with Crippen LogP contribution in [0.4, 0.5) is 0 Å². The molecule has 0 radical (unpaired) electrons. The highest BCUT2D eigenvalue weighted by molar-refractivity contribution is 7.87. The van der Waals surface area contributed by atoms with E-state index in [0.717, 1.165) is 38.5 Å². The maximum absolute atomic E-state index is 12.2. The van der Waals surface area contributed by atoms with Crippen molar-refractivity contribution in [3.8, 4) is 0 Å². The molecule has 106 valence electrons. The monoisotopic (exact) mass is 275 g/mol. The summed E-state index contributed by atoms with van der Waals surface area (Å²) in [5, 5.41) is 0. The molecule has 0 aromatic rings. The first-order chi connectivity index (χ1) is 8.53. The van der Waals surface area contributed by atoms with Gasteiger partial charge >= 0.3 is 0 Å². The van der Waals surface area contributed by atoms with Gasteiger partial charge in [0.25, 0.3) is 10.2 Å². The molecule has 0 saturated heterocycles. The standard InChI is InChI=1S/C12H25N3O2S/c1-15(9-10-6-7-10)18(16,17)14-12-5-3-2-4-11(12)8-13/h10-12,14H,2-9,13H2,1H3. The van der Waals surface area contributed by atoms with Crippen LogP contribution < -0.4 is 10.5 Å². The van der Waals surface area contributed by atoms with Gasteiger partial charge in [-0.05, 0) is 44.1 Å². The maximum atomic E-state index is 12.2. The average molecular weight is 275 g/mol. The molecule has 2 fully saturated rings. The number of rotatable bonds is 6. The summed E-state index contributed by atoms with van der Waals surface area (Å²) >= 11 is 0. The molecule has 2 saturated carbocycles. The molecule has 18 heavy (non-hydrogen) atoms. The lowest BCUT2D eigenvalue weighted by molar-refractivity contribution is 0.290. The van der Waals surface area contributed by atoms with Crippen molar-refractivity contribution in [1.29, 1.82) is 0 Å². The highest BCUT2D eigenvalue weighted by atomic mass is 32.2. The van der Waals surface area contributed by atoms with E-state index in [2.05, 4.69) is 4.72 Å². The lowest BCUT2D eigenvalue weighted by atomic mass is 9.85. The van der Waals surface area contributed by atoms with Crippen molar-refractivity contribution in [1.82, 2.24) is 9.03 Å². The van der Waals surface area contributed by atoms with Crippen molar-refractivity contribution in [2.75, 3.05) is 20.1 Å². The molecule has 0 spiro atoms. The van der Waals surface area contributed by atoms with E-state index in [1.165, 1.54) is 4.31 Å². The number of hydrogen-bond donors (Lipinski definition) is 2. The van der Waals surface area contributed by atoms with Gasteiger partial charge in [-0.1, -0.05) is 12.8 Å². The van der Waals surface area contributed by atoms with Crippen molar-refractivity contribution in [2.45, 2.75) is 44.6 Å². The van der Waals surface area contributed by atoms with Gasteiger partial charge in [0.15, 0.2) is 0 Å². The summed E-state index contributed by atoms with van der Waals surface area (Å²) in [5.41, 5.74) is 5.73. The lowest BCUT2D eigenvalue weighted by Gasteiger charge is -2.32. The van der Waals surface area contributed by atoms with E-state index in [4.69, 9.17) is 5.73 Å². The van der Waals surface area contributed by atoms with Crippen molar-refractivity contribution < 1.29 is 8.42 Å². The second-order valence-corrected chi connectivity index (χ2v) is 7.54. The van der Waals surface area contributed by atoms with Crippen molar-refractivity contribution >= 4 is 10.2 Å². The number of nitrogens with one attached hydrogen (secondary N) is 1. The Kier molecular flexibility index (Phi) is 4.64. The topological polar surface area (TPSA) is 75.4 Å². The summed E-state index contributed by atoms with van der Waals surface area (Å²) < 4.78 is 28.7. The summed E-state index contributed by atoms with van der Waals surface area (Å²) in [6.45, 7) is 1.22. The van der Waals surface area contributed by atoms with Crippen LogP contribution in [-0.4, -0.2) is 38.9 Å². The van der Waals surface area contributed by atoms with Gasteiger partial charge in [0, 0.05) is 19.6 Å².